The van der Waals surface area contributed by atoms with E-state index in [4.69, 9.17) is 11.5 Å². The van der Waals surface area contributed by atoms with Crippen LogP contribution in [-0.2, 0) is 11.2 Å². The molecule has 1 aliphatic rings. The van der Waals surface area contributed by atoms with Gasteiger partial charge in [-0.15, -0.1) is 0 Å². The van der Waals surface area contributed by atoms with E-state index in [1.54, 1.807) is 0 Å². The van der Waals surface area contributed by atoms with E-state index in [2.05, 4.69) is 60.1 Å². The monoisotopic (exact) mass is 426 g/mol. The molecule has 1 aromatic carbocycles. The van der Waals surface area contributed by atoms with E-state index in [-0.39, 0.29) is 29.3 Å². The van der Waals surface area contributed by atoms with Crippen LogP contribution in [0.2, 0.25) is 0 Å². The van der Waals surface area contributed by atoms with E-state index in [9.17, 15) is 4.79 Å². The molecule has 1 aliphatic heterocycles. The van der Waals surface area contributed by atoms with Crippen molar-refractivity contribution >= 4 is 28.6 Å². The van der Waals surface area contributed by atoms with Gasteiger partial charge in [0.1, 0.15) is 0 Å². The number of carbonyl (C=O) groups is 1. The summed E-state index contributed by atoms with van der Waals surface area (Å²) in [7, 11) is 2.10. The summed E-state index contributed by atoms with van der Waals surface area (Å²) in [5.74, 6) is -0.193. The number of amidine groups is 1. The number of H-pyrrole nitrogens is 1. The molecule has 1 saturated heterocycles. The van der Waals surface area contributed by atoms with E-state index >= 15 is 0 Å². The first-order chi connectivity index (χ1) is 14.7. The number of nitrogens with zero attached hydrogens (tertiary/aromatic N) is 3. The Balaban J connectivity index is 1.70. The minimum atomic E-state index is -0.380. The zero-order valence-electron chi connectivity index (χ0n) is 19.1. The van der Waals surface area contributed by atoms with Crippen LogP contribution in [0.1, 0.15) is 39.2 Å². The second-order valence-corrected chi connectivity index (χ2v) is 9.03. The van der Waals surface area contributed by atoms with Crippen molar-refractivity contribution in [3.63, 3.8) is 0 Å². The Labute approximate surface area is 184 Å². The smallest absolute Gasteiger partial charge is 0.365 e. The Morgan fingerprint density at radius 1 is 1.35 bits per heavy atom. The summed E-state index contributed by atoms with van der Waals surface area (Å²) >= 11 is 0. The maximum absolute atomic E-state index is 12.7. The van der Waals surface area contributed by atoms with Gasteiger partial charge < -0.3 is 16.0 Å². The maximum atomic E-state index is 12.7. The number of carbonyl (C=O) groups excluding carboxylic acids is 1. The van der Waals surface area contributed by atoms with Crippen molar-refractivity contribution in [1.82, 2.24) is 15.2 Å². The molecule has 1 fully saturated rings. The number of hydrogen-bond acceptors (Lipinski definition) is 2. The van der Waals surface area contributed by atoms with Crippen molar-refractivity contribution in [1.29, 1.82) is 0 Å². The summed E-state index contributed by atoms with van der Waals surface area (Å²) in [5, 5.41) is 4.22. The fraction of sp³-hybridized carbons (Fsp3) is 0.522. The van der Waals surface area contributed by atoms with Gasteiger partial charge in [0.2, 0.25) is 0 Å². The van der Waals surface area contributed by atoms with Crippen molar-refractivity contribution < 1.29 is 9.37 Å². The molecule has 1 unspecified atom stereocenters. The highest BCUT2D eigenvalue weighted by Crippen LogP contribution is 2.20. The fourth-order valence-corrected chi connectivity index (χ4v) is 4.08. The minimum absolute atomic E-state index is 0.0268. The number of aromatic amines is 1. The van der Waals surface area contributed by atoms with Crippen LogP contribution >= 0.6 is 0 Å². The van der Waals surface area contributed by atoms with Gasteiger partial charge >= 0.3 is 11.9 Å². The van der Waals surface area contributed by atoms with Crippen LogP contribution in [0.5, 0.6) is 0 Å². The quantitative estimate of drug-likeness (QED) is 0.329. The lowest BCUT2D eigenvalue weighted by Crippen LogP contribution is -2.56. The van der Waals surface area contributed by atoms with Gasteiger partial charge in [0.05, 0.1) is 13.1 Å². The number of fused-ring (bicyclic) bond motifs is 1. The van der Waals surface area contributed by atoms with Crippen LogP contribution in [0.3, 0.4) is 0 Å². The highest BCUT2D eigenvalue weighted by Gasteiger charge is 2.32. The molecule has 0 spiro atoms. The molecule has 3 rings (SSSR count). The number of rotatable bonds is 5. The Kier molecular flexibility index (Phi) is 7.00. The zero-order chi connectivity index (χ0) is 22.6. The number of piperazine rings is 1. The first-order valence-corrected chi connectivity index (χ1v) is 11.0. The molecule has 31 heavy (non-hydrogen) atoms. The molecular formula is C23H36N7O+. The van der Waals surface area contributed by atoms with Crippen LogP contribution in [0.4, 0.5) is 0 Å². The lowest BCUT2D eigenvalue weighted by molar-refractivity contribution is -0.555. The molecule has 2 aromatic rings. The molecule has 168 valence electrons. The molecule has 0 bridgehead atoms. The SMILES string of the molecule is CCCC(Cc1c[nH]c2ccccc12)NC(=O)C(N)=NC(N)=[N+]1CCN(C)C(C)(C)C1. The second kappa shape index (κ2) is 9.51. The minimum Gasteiger partial charge on any atom is -0.365 e. The molecule has 0 radical (unpaired) electrons. The first kappa shape index (κ1) is 22.8. The summed E-state index contributed by atoms with van der Waals surface area (Å²) in [5.41, 5.74) is 14.5. The van der Waals surface area contributed by atoms with Gasteiger partial charge in [-0.1, -0.05) is 31.5 Å². The highest BCUT2D eigenvalue weighted by molar-refractivity contribution is 6.38. The Bertz CT molecular complexity index is 989. The summed E-state index contributed by atoms with van der Waals surface area (Å²) < 4.78 is 1.98. The molecular weight excluding hydrogens is 390 g/mol. The van der Waals surface area contributed by atoms with Crippen molar-refractivity contribution in [2.24, 2.45) is 16.5 Å². The predicted molar refractivity (Wildman–Crippen MR) is 126 cm³/mol. The summed E-state index contributed by atoms with van der Waals surface area (Å²) in [6.07, 6.45) is 4.54. The van der Waals surface area contributed by atoms with Crippen molar-refractivity contribution in [2.75, 3.05) is 26.7 Å². The Morgan fingerprint density at radius 3 is 2.81 bits per heavy atom. The average Bonchev–Trinajstić information content (AvgIpc) is 3.13. The molecule has 8 heteroatoms. The third-order valence-corrected chi connectivity index (χ3v) is 6.22. The number of amides is 1. The van der Waals surface area contributed by atoms with Crippen molar-refractivity contribution in [3.05, 3.63) is 36.0 Å². The maximum Gasteiger partial charge on any atom is 0.387 e. The van der Waals surface area contributed by atoms with Crippen molar-refractivity contribution in [2.45, 2.75) is 51.6 Å². The molecule has 6 N–H and O–H groups in total. The second-order valence-electron chi connectivity index (χ2n) is 9.03. The number of aromatic nitrogens is 1. The third-order valence-electron chi connectivity index (χ3n) is 6.22. The van der Waals surface area contributed by atoms with Crippen LogP contribution < -0.4 is 16.8 Å². The Morgan fingerprint density at radius 2 is 2.10 bits per heavy atom. The molecule has 2 heterocycles. The van der Waals surface area contributed by atoms with Gasteiger partial charge in [0, 0.05) is 35.2 Å². The largest absolute Gasteiger partial charge is 0.387 e. The number of nitrogens with one attached hydrogen (secondary N) is 2. The van der Waals surface area contributed by atoms with Gasteiger partial charge in [0.25, 0.3) is 5.84 Å². The standard InChI is InChI=1S/C23H35N7O/c1-5-8-17(13-16-14-26-19-10-7-6-9-18(16)19)27-21(31)20(24)28-22(25)30-12-11-29(4)23(2,3)15-30/h6-7,9-10,14,17,26H,5,8,11-13,15H2,1-4H3,(H4,24,25,27,28,31)/p+1. The van der Waals surface area contributed by atoms with Crippen LogP contribution in [0, 0.1) is 0 Å². The number of hydrogen-bond donors (Lipinski definition) is 4. The summed E-state index contributed by atoms with van der Waals surface area (Å²) in [6, 6.07) is 8.14. The van der Waals surface area contributed by atoms with Gasteiger partial charge in [-0.3, -0.25) is 20.0 Å². The molecule has 0 saturated carbocycles. The predicted octanol–water partition coefficient (Wildman–Crippen LogP) is 1.40. The van der Waals surface area contributed by atoms with E-state index in [1.807, 2.05) is 22.9 Å². The van der Waals surface area contributed by atoms with E-state index in [1.165, 1.54) is 10.9 Å². The summed E-state index contributed by atoms with van der Waals surface area (Å²) in [6.45, 7) is 8.78. The van der Waals surface area contributed by atoms with E-state index in [0.29, 0.717) is 0 Å². The molecule has 1 aromatic heterocycles. The molecule has 0 aliphatic carbocycles. The van der Waals surface area contributed by atoms with Gasteiger partial charge in [-0.2, -0.15) is 0 Å². The van der Waals surface area contributed by atoms with Crippen LogP contribution in [0.25, 0.3) is 10.9 Å². The Hall–Kier alpha value is -2.87. The van der Waals surface area contributed by atoms with E-state index < -0.39 is 0 Å². The van der Waals surface area contributed by atoms with Crippen LogP contribution in [0.15, 0.2) is 35.5 Å². The topological polar surface area (TPSA) is 116 Å². The number of nitrogens with two attached hydrogens (primary N) is 2. The van der Waals surface area contributed by atoms with E-state index in [0.717, 1.165) is 44.4 Å². The van der Waals surface area contributed by atoms with Gasteiger partial charge in [-0.25, -0.2) is 0 Å². The zero-order valence-corrected chi connectivity index (χ0v) is 19.1. The van der Waals surface area contributed by atoms with Gasteiger partial charge in [-0.05, 0) is 50.4 Å². The number of guanidine groups is 1. The normalized spacial score (nSPS) is 19.9. The lowest BCUT2D eigenvalue weighted by Gasteiger charge is -2.40. The van der Waals surface area contributed by atoms with Crippen molar-refractivity contribution in [3.8, 4) is 0 Å². The lowest BCUT2D eigenvalue weighted by atomic mass is 10.0. The summed E-state index contributed by atoms with van der Waals surface area (Å²) in [4.78, 5) is 22.6. The number of benzene rings is 1. The highest BCUT2D eigenvalue weighted by atomic mass is 16.2. The average molecular weight is 427 g/mol. The molecule has 1 amide bonds. The molecule has 8 nitrogen and oxygen atoms in total. The molecule has 1 atom stereocenters. The van der Waals surface area contributed by atoms with Gasteiger partial charge in [0.15, 0.2) is 0 Å². The fourth-order valence-electron chi connectivity index (χ4n) is 4.08. The number of aliphatic imine (C=N–C) groups is 1. The number of para-hydroxylation sites is 1. The van der Waals surface area contributed by atoms with Crippen LogP contribution in [-0.4, -0.2) is 70.4 Å². The number of likely N-dealkylation sites (N-methyl/N-ethyl adjacent to an activating group) is 1. The first-order valence-electron chi connectivity index (χ1n) is 11.0. The third kappa shape index (κ3) is 5.44.